The van der Waals surface area contributed by atoms with Gasteiger partial charge in [0, 0.05) is 12.6 Å². The average Bonchev–Trinajstić information content (AvgIpc) is 3.01. The van der Waals surface area contributed by atoms with Gasteiger partial charge in [-0.1, -0.05) is 0 Å². The van der Waals surface area contributed by atoms with E-state index >= 15 is 0 Å². The number of nitrogens with two attached hydrogens (primary N) is 2. The van der Waals surface area contributed by atoms with Crippen molar-refractivity contribution in [1.82, 2.24) is 14.5 Å². The van der Waals surface area contributed by atoms with E-state index in [1.165, 1.54) is 10.8 Å². The summed E-state index contributed by atoms with van der Waals surface area (Å²) >= 11 is 0. The summed E-state index contributed by atoms with van der Waals surface area (Å²) in [5.74, 6) is -0.314. The standard InChI is InChI=1S/C14H17N5O5/c1-5-17-11(15)8-6(12(16)23)4-19(13(8)18-5)14-10(22)9(21)7(24-14)2-3-20/h3-4,7,9-10,14,21-22H,2H2,1H3,(H2,16,23)(H2,15,17,18)/t7-,9-,10-,14-/m1/s1. The van der Waals surface area contributed by atoms with Crippen LogP contribution in [0.1, 0.15) is 28.8 Å². The number of aromatic nitrogens is 3. The number of nitrogen functional groups attached to an aromatic ring is 1. The van der Waals surface area contributed by atoms with Gasteiger partial charge in [0.1, 0.15) is 35.8 Å². The van der Waals surface area contributed by atoms with Gasteiger partial charge in [-0.3, -0.25) is 4.79 Å². The lowest BCUT2D eigenvalue weighted by molar-refractivity contribution is -0.112. The maximum absolute atomic E-state index is 11.7. The van der Waals surface area contributed by atoms with Crippen molar-refractivity contribution in [2.24, 2.45) is 5.73 Å². The average molecular weight is 335 g/mol. The summed E-state index contributed by atoms with van der Waals surface area (Å²) in [4.78, 5) is 30.6. The molecule has 0 saturated carbocycles. The van der Waals surface area contributed by atoms with E-state index in [1.54, 1.807) is 6.92 Å². The number of hydrogen-bond acceptors (Lipinski definition) is 8. The number of anilines is 1. The zero-order chi connectivity index (χ0) is 17.6. The van der Waals surface area contributed by atoms with Crippen LogP contribution in [0.4, 0.5) is 5.82 Å². The van der Waals surface area contributed by atoms with E-state index in [4.69, 9.17) is 16.2 Å². The van der Waals surface area contributed by atoms with Crippen LogP contribution in [0.25, 0.3) is 11.0 Å². The van der Waals surface area contributed by atoms with Gasteiger partial charge in [-0.05, 0) is 6.92 Å². The Morgan fingerprint density at radius 1 is 1.42 bits per heavy atom. The monoisotopic (exact) mass is 335 g/mol. The Balaban J connectivity index is 2.16. The molecule has 24 heavy (non-hydrogen) atoms. The van der Waals surface area contributed by atoms with Gasteiger partial charge >= 0.3 is 0 Å². The molecule has 0 aromatic carbocycles. The smallest absolute Gasteiger partial charge is 0.251 e. The van der Waals surface area contributed by atoms with Crippen molar-refractivity contribution in [2.45, 2.75) is 37.9 Å². The molecule has 0 unspecified atom stereocenters. The molecule has 1 aliphatic rings. The molecule has 2 aromatic rings. The van der Waals surface area contributed by atoms with Gasteiger partial charge in [0.2, 0.25) is 0 Å². The first kappa shape index (κ1) is 16.3. The van der Waals surface area contributed by atoms with Crippen molar-refractivity contribution in [2.75, 3.05) is 5.73 Å². The second kappa shape index (κ2) is 5.82. The molecule has 0 aliphatic carbocycles. The van der Waals surface area contributed by atoms with Gasteiger partial charge in [-0.15, -0.1) is 0 Å². The fraction of sp³-hybridized carbons (Fsp3) is 0.429. The lowest BCUT2D eigenvalue weighted by atomic mass is 10.1. The predicted molar refractivity (Wildman–Crippen MR) is 81.8 cm³/mol. The molecular weight excluding hydrogens is 318 g/mol. The first-order valence-corrected chi connectivity index (χ1v) is 7.24. The minimum absolute atomic E-state index is 0.0718. The molecule has 4 atom stereocenters. The number of primary amides is 1. The highest BCUT2D eigenvalue weighted by Crippen LogP contribution is 2.35. The zero-order valence-electron chi connectivity index (χ0n) is 12.8. The molecule has 10 heteroatoms. The highest BCUT2D eigenvalue weighted by atomic mass is 16.6. The number of amides is 1. The Labute approximate surface area is 136 Å². The number of nitrogens with zero attached hydrogens (tertiary/aromatic N) is 3. The summed E-state index contributed by atoms with van der Waals surface area (Å²) in [5.41, 5.74) is 11.6. The van der Waals surface area contributed by atoms with Crippen molar-refractivity contribution < 1.29 is 24.5 Å². The van der Waals surface area contributed by atoms with E-state index in [2.05, 4.69) is 9.97 Å². The quantitative estimate of drug-likeness (QED) is 0.496. The number of hydrogen-bond donors (Lipinski definition) is 4. The number of carbonyl (C=O) groups is 2. The van der Waals surface area contributed by atoms with Crippen LogP contribution in [-0.2, 0) is 9.53 Å². The molecule has 3 heterocycles. The summed E-state index contributed by atoms with van der Waals surface area (Å²) in [5, 5.41) is 20.5. The normalized spacial score (nSPS) is 26.8. The van der Waals surface area contributed by atoms with Gasteiger partial charge < -0.3 is 35.8 Å². The van der Waals surface area contributed by atoms with Crippen molar-refractivity contribution in [3.05, 3.63) is 17.6 Å². The molecule has 1 saturated heterocycles. The minimum atomic E-state index is -1.32. The molecule has 1 fully saturated rings. The van der Waals surface area contributed by atoms with Crippen molar-refractivity contribution >= 4 is 29.0 Å². The Kier molecular flexibility index (Phi) is 3.95. The lowest BCUT2D eigenvalue weighted by Gasteiger charge is -2.17. The van der Waals surface area contributed by atoms with E-state index < -0.39 is 30.4 Å². The van der Waals surface area contributed by atoms with Crippen molar-refractivity contribution in [1.29, 1.82) is 0 Å². The first-order valence-electron chi connectivity index (χ1n) is 7.24. The maximum Gasteiger partial charge on any atom is 0.251 e. The van der Waals surface area contributed by atoms with Crippen LogP contribution >= 0.6 is 0 Å². The third kappa shape index (κ3) is 2.40. The number of rotatable bonds is 4. The molecule has 0 bridgehead atoms. The van der Waals surface area contributed by atoms with Crippen LogP contribution in [0.15, 0.2) is 6.20 Å². The number of carbonyl (C=O) groups excluding carboxylic acids is 2. The molecule has 1 amide bonds. The molecule has 0 spiro atoms. The second-order valence-corrected chi connectivity index (χ2v) is 5.62. The molecule has 1 aliphatic heterocycles. The number of fused-ring (bicyclic) bond motifs is 1. The molecule has 6 N–H and O–H groups in total. The molecule has 0 radical (unpaired) electrons. The van der Waals surface area contributed by atoms with E-state index in [1.807, 2.05) is 0 Å². The van der Waals surface area contributed by atoms with E-state index in [9.17, 15) is 19.8 Å². The van der Waals surface area contributed by atoms with E-state index in [0.29, 0.717) is 12.1 Å². The lowest BCUT2D eigenvalue weighted by Crippen LogP contribution is -2.31. The Morgan fingerprint density at radius 2 is 2.12 bits per heavy atom. The Bertz CT molecular complexity index is 819. The summed E-state index contributed by atoms with van der Waals surface area (Å²) in [6.45, 7) is 1.62. The third-order valence-electron chi connectivity index (χ3n) is 4.02. The minimum Gasteiger partial charge on any atom is -0.388 e. The van der Waals surface area contributed by atoms with Gasteiger partial charge in [-0.25, -0.2) is 9.97 Å². The first-order chi connectivity index (χ1) is 11.3. The summed E-state index contributed by atoms with van der Waals surface area (Å²) in [6.07, 6.45) is -2.62. The maximum atomic E-state index is 11.7. The summed E-state index contributed by atoms with van der Waals surface area (Å²) in [7, 11) is 0. The van der Waals surface area contributed by atoms with Crippen LogP contribution < -0.4 is 11.5 Å². The van der Waals surface area contributed by atoms with Crippen LogP contribution in [-0.4, -0.2) is 55.3 Å². The Morgan fingerprint density at radius 3 is 2.75 bits per heavy atom. The molecule has 2 aromatic heterocycles. The van der Waals surface area contributed by atoms with Gasteiger partial charge in [0.25, 0.3) is 5.91 Å². The van der Waals surface area contributed by atoms with Crippen LogP contribution in [0.3, 0.4) is 0 Å². The summed E-state index contributed by atoms with van der Waals surface area (Å²) in [6, 6.07) is 0. The number of ether oxygens (including phenoxy) is 1. The molecule has 128 valence electrons. The van der Waals surface area contributed by atoms with Gasteiger partial charge in [0.15, 0.2) is 6.23 Å². The van der Waals surface area contributed by atoms with E-state index in [0.717, 1.165) is 0 Å². The zero-order valence-corrected chi connectivity index (χ0v) is 12.8. The second-order valence-electron chi connectivity index (χ2n) is 5.62. The van der Waals surface area contributed by atoms with Crippen LogP contribution in [0, 0.1) is 6.92 Å². The topological polar surface area (TPSA) is 167 Å². The van der Waals surface area contributed by atoms with E-state index in [-0.39, 0.29) is 28.8 Å². The molecule has 10 nitrogen and oxygen atoms in total. The number of aldehydes is 1. The summed E-state index contributed by atoms with van der Waals surface area (Å²) < 4.78 is 6.95. The van der Waals surface area contributed by atoms with Crippen molar-refractivity contribution in [3.63, 3.8) is 0 Å². The van der Waals surface area contributed by atoms with Crippen LogP contribution in [0.5, 0.6) is 0 Å². The SMILES string of the molecule is Cc1nc(N)c2c(C(N)=O)cn([C@@H]3O[C@H](CC=O)[C@@H](O)[C@H]3O)c2n1. The van der Waals surface area contributed by atoms with Gasteiger partial charge in [0.05, 0.1) is 17.1 Å². The number of aliphatic hydroxyl groups excluding tert-OH is 2. The highest BCUT2D eigenvalue weighted by molar-refractivity contribution is 6.08. The van der Waals surface area contributed by atoms with Crippen LogP contribution in [0.2, 0.25) is 0 Å². The predicted octanol–water partition coefficient (Wildman–Crippen LogP) is -1.37. The fourth-order valence-corrected chi connectivity index (χ4v) is 2.92. The number of aryl methyl sites for hydroxylation is 1. The number of aliphatic hydroxyl groups is 2. The van der Waals surface area contributed by atoms with Gasteiger partial charge in [-0.2, -0.15) is 0 Å². The third-order valence-corrected chi connectivity index (χ3v) is 4.02. The highest BCUT2D eigenvalue weighted by Gasteiger charge is 2.44. The Hall–Kier alpha value is -2.56. The molecule has 3 rings (SSSR count). The van der Waals surface area contributed by atoms with Crippen molar-refractivity contribution in [3.8, 4) is 0 Å². The fourth-order valence-electron chi connectivity index (χ4n) is 2.92. The largest absolute Gasteiger partial charge is 0.388 e. The molecular formula is C14H17N5O5.